The number of ether oxygens (including phenoxy) is 1. The lowest BCUT2D eigenvalue weighted by atomic mass is 10.0. The molecule has 6 heteroatoms. The van der Waals surface area contributed by atoms with Crippen molar-refractivity contribution in [3.05, 3.63) is 36.5 Å². The molecule has 6 nitrogen and oxygen atoms in total. The van der Waals surface area contributed by atoms with Gasteiger partial charge in [0, 0.05) is 12.8 Å². The van der Waals surface area contributed by atoms with E-state index >= 15 is 0 Å². The van der Waals surface area contributed by atoms with Crippen LogP contribution in [0.2, 0.25) is 0 Å². The predicted molar refractivity (Wildman–Crippen MR) is 273 cm³/mol. The highest BCUT2D eigenvalue weighted by molar-refractivity contribution is 5.76. The predicted octanol–water partition coefficient (Wildman–Crippen LogP) is 16.9. The smallest absolute Gasteiger partial charge is 0.305 e. The van der Waals surface area contributed by atoms with Gasteiger partial charge in [0.1, 0.15) is 0 Å². The molecule has 0 aliphatic carbocycles. The van der Waals surface area contributed by atoms with Crippen molar-refractivity contribution >= 4 is 11.9 Å². The van der Waals surface area contributed by atoms with E-state index in [1.165, 1.54) is 173 Å². The summed E-state index contributed by atoms with van der Waals surface area (Å²) in [6.07, 6.45) is 64.1. The van der Waals surface area contributed by atoms with Crippen LogP contribution in [-0.4, -0.2) is 47.4 Å². The molecule has 0 rings (SSSR count). The maximum absolute atomic E-state index is 12.4. The first-order valence-corrected chi connectivity index (χ1v) is 27.7. The topological polar surface area (TPSA) is 95.9 Å². The summed E-state index contributed by atoms with van der Waals surface area (Å²) >= 11 is 0. The Kier molecular flexibility index (Phi) is 51.1. The van der Waals surface area contributed by atoms with Crippen LogP contribution < -0.4 is 5.32 Å². The van der Waals surface area contributed by atoms with Gasteiger partial charge >= 0.3 is 5.97 Å². The zero-order valence-corrected chi connectivity index (χ0v) is 42.1. The van der Waals surface area contributed by atoms with Crippen LogP contribution >= 0.6 is 0 Å². The van der Waals surface area contributed by atoms with Crippen LogP contribution in [0.15, 0.2) is 36.5 Å². The van der Waals surface area contributed by atoms with Gasteiger partial charge in [-0.2, -0.15) is 0 Å². The fourth-order valence-electron chi connectivity index (χ4n) is 8.37. The van der Waals surface area contributed by atoms with Crippen LogP contribution in [0, 0.1) is 0 Å². The second-order valence-electron chi connectivity index (χ2n) is 18.9. The van der Waals surface area contributed by atoms with Gasteiger partial charge in [-0.3, -0.25) is 9.59 Å². The molecular formula is C57H107NO5. The number of aliphatic hydroxyl groups is 2. The fourth-order valence-corrected chi connectivity index (χ4v) is 8.37. The van der Waals surface area contributed by atoms with E-state index in [9.17, 15) is 19.8 Å². The molecule has 2 atom stereocenters. The van der Waals surface area contributed by atoms with Crippen molar-refractivity contribution in [2.24, 2.45) is 0 Å². The Hall–Kier alpha value is -1.92. The number of esters is 1. The summed E-state index contributed by atoms with van der Waals surface area (Å²) in [6.45, 7) is 4.90. The minimum atomic E-state index is -0.674. The van der Waals surface area contributed by atoms with Gasteiger partial charge in [-0.25, -0.2) is 0 Å². The first-order valence-electron chi connectivity index (χ1n) is 27.7. The lowest BCUT2D eigenvalue weighted by Gasteiger charge is -2.22. The summed E-state index contributed by atoms with van der Waals surface area (Å²) in [5.41, 5.74) is 0. The van der Waals surface area contributed by atoms with E-state index in [0.29, 0.717) is 25.9 Å². The molecule has 0 radical (unpaired) electrons. The van der Waals surface area contributed by atoms with Crippen molar-refractivity contribution < 1.29 is 24.5 Å². The van der Waals surface area contributed by atoms with E-state index in [1.807, 2.05) is 0 Å². The van der Waals surface area contributed by atoms with E-state index in [2.05, 4.69) is 55.6 Å². The summed E-state index contributed by atoms with van der Waals surface area (Å²) in [4.78, 5) is 24.5. The summed E-state index contributed by atoms with van der Waals surface area (Å²) in [5, 5.41) is 23.2. The number of rotatable bonds is 51. The monoisotopic (exact) mass is 886 g/mol. The van der Waals surface area contributed by atoms with E-state index in [4.69, 9.17) is 4.74 Å². The quantitative estimate of drug-likeness (QED) is 0.0321. The van der Waals surface area contributed by atoms with Crippen LogP contribution in [0.1, 0.15) is 290 Å². The summed E-state index contributed by atoms with van der Waals surface area (Å²) in [6, 6.07) is -0.553. The molecular weight excluding hydrogens is 779 g/mol. The third-order valence-electron chi connectivity index (χ3n) is 12.7. The Labute approximate surface area is 392 Å². The number of nitrogens with one attached hydrogen (secondary N) is 1. The van der Waals surface area contributed by atoms with Crippen molar-refractivity contribution in [2.45, 2.75) is 302 Å². The molecule has 63 heavy (non-hydrogen) atoms. The maximum Gasteiger partial charge on any atom is 0.305 e. The van der Waals surface area contributed by atoms with Gasteiger partial charge in [-0.05, 0) is 89.9 Å². The first kappa shape index (κ1) is 61.1. The molecule has 0 aromatic carbocycles. The van der Waals surface area contributed by atoms with Gasteiger partial charge < -0.3 is 20.3 Å². The Bertz CT molecular complexity index is 1020. The van der Waals surface area contributed by atoms with Gasteiger partial charge in [0.15, 0.2) is 0 Å². The van der Waals surface area contributed by atoms with E-state index in [-0.39, 0.29) is 18.5 Å². The van der Waals surface area contributed by atoms with E-state index in [0.717, 1.165) is 83.5 Å². The highest BCUT2D eigenvalue weighted by atomic mass is 16.5. The normalized spacial score (nSPS) is 12.9. The number of aliphatic hydroxyl groups excluding tert-OH is 2. The Morgan fingerprint density at radius 3 is 1.22 bits per heavy atom. The average Bonchev–Trinajstić information content (AvgIpc) is 3.28. The molecule has 0 aromatic rings. The summed E-state index contributed by atoms with van der Waals surface area (Å²) in [5.74, 6) is -0.0713. The van der Waals surface area contributed by atoms with Crippen molar-refractivity contribution in [3.63, 3.8) is 0 Å². The van der Waals surface area contributed by atoms with E-state index in [1.54, 1.807) is 0 Å². The number of carbonyl (C=O) groups is 2. The van der Waals surface area contributed by atoms with Crippen LogP contribution in [-0.2, 0) is 14.3 Å². The van der Waals surface area contributed by atoms with Crippen molar-refractivity contribution in [1.29, 1.82) is 0 Å². The van der Waals surface area contributed by atoms with Crippen LogP contribution in [0.25, 0.3) is 0 Å². The molecule has 0 aliphatic heterocycles. The van der Waals surface area contributed by atoms with Crippen molar-refractivity contribution in [1.82, 2.24) is 5.32 Å². The van der Waals surface area contributed by atoms with Gasteiger partial charge in [0.25, 0.3) is 0 Å². The van der Waals surface area contributed by atoms with Gasteiger partial charge in [-0.15, -0.1) is 0 Å². The second kappa shape index (κ2) is 52.7. The SMILES string of the molecule is CCCCCCCC/C=C\CCCCCCCCCC(=O)OCCCCC/C=C\C/C=C\CCCCCCCCCC(=O)NC(CO)C(O)CCCCCCCCCCCCCC. The van der Waals surface area contributed by atoms with Crippen LogP contribution in [0.3, 0.4) is 0 Å². The van der Waals surface area contributed by atoms with Crippen LogP contribution in [0.4, 0.5) is 0 Å². The molecule has 370 valence electrons. The number of hydrogen-bond acceptors (Lipinski definition) is 5. The molecule has 0 bridgehead atoms. The molecule has 2 unspecified atom stereocenters. The molecule has 0 fully saturated rings. The number of hydrogen-bond donors (Lipinski definition) is 3. The minimum Gasteiger partial charge on any atom is -0.466 e. The number of carbonyl (C=O) groups excluding carboxylic acids is 2. The molecule has 0 heterocycles. The third kappa shape index (κ3) is 49.4. The second-order valence-corrected chi connectivity index (χ2v) is 18.9. The molecule has 0 aliphatic rings. The highest BCUT2D eigenvalue weighted by Crippen LogP contribution is 2.16. The van der Waals surface area contributed by atoms with Gasteiger partial charge in [0.2, 0.25) is 5.91 Å². The number of unbranched alkanes of at least 4 members (excludes halogenated alkanes) is 34. The lowest BCUT2D eigenvalue weighted by molar-refractivity contribution is -0.143. The van der Waals surface area contributed by atoms with E-state index < -0.39 is 12.1 Å². The largest absolute Gasteiger partial charge is 0.466 e. The molecule has 3 N–H and O–H groups in total. The maximum atomic E-state index is 12.4. The standard InChI is InChI=1S/C57H107NO5/c1-3-5-7-9-11-13-15-17-18-20-24-27-31-35-39-43-47-51-57(62)63-52-48-44-40-36-32-28-25-22-19-21-23-26-30-34-38-42-46-50-56(61)58-54(53-59)55(60)49-45-41-37-33-29-16-14-12-10-8-6-4-2/h17-19,22,28,32,54-55,59-60H,3-16,20-21,23-27,29-31,33-53H2,1-2H3,(H,58,61)/b18-17-,22-19-,32-28-. The van der Waals surface area contributed by atoms with Gasteiger partial charge in [0.05, 0.1) is 25.4 Å². The summed E-state index contributed by atoms with van der Waals surface area (Å²) < 4.78 is 5.46. The number of allylic oxidation sites excluding steroid dienone is 6. The third-order valence-corrected chi connectivity index (χ3v) is 12.7. The number of amides is 1. The average molecular weight is 886 g/mol. The Morgan fingerprint density at radius 1 is 0.444 bits per heavy atom. The van der Waals surface area contributed by atoms with Crippen LogP contribution in [0.5, 0.6) is 0 Å². The fraction of sp³-hybridized carbons (Fsp3) is 0.860. The molecule has 0 saturated heterocycles. The molecule has 0 spiro atoms. The van der Waals surface area contributed by atoms with Gasteiger partial charge in [-0.1, -0.05) is 224 Å². The highest BCUT2D eigenvalue weighted by Gasteiger charge is 2.20. The molecule has 1 amide bonds. The molecule has 0 saturated carbocycles. The molecule has 0 aromatic heterocycles. The first-order chi connectivity index (χ1) is 31.0. The zero-order chi connectivity index (χ0) is 45.8. The van der Waals surface area contributed by atoms with Crippen molar-refractivity contribution in [2.75, 3.05) is 13.2 Å². The Balaban J connectivity index is 3.49. The zero-order valence-electron chi connectivity index (χ0n) is 42.1. The Morgan fingerprint density at radius 2 is 0.794 bits per heavy atom. The minimum absolute atomic E-state index is 0.0191. The van der Waals surface area contributed by atoms with Crippen molar-refractivity contribution in [3.8, 4) is 0 Å². The lowest BCUT2D eigenvalue weighted by Crippen LogP contribution is -2.45. The summed E-state index contributed by atoms with van der Waals surface area (Å²) in [7, 11) is 0.